The largest absolute Gasteiger partial charge is 0.328 e. The summed E-state index contributed by atoms with van der Waals surface area (Å²) in [7, 11) is 0. The fraction of sp³-hybridized carbons (Fsp3) is 0.471. The summed E-state index contributed by atoms with van der Waals surface area (Å²) in [5, 5.41) is 3.42. The molecule has 1 heterocycles. The molecule has 0 unspecified atom stereocenters. The Hall–Kier alpha value is -1.61. The highest BCUT2D eigenvalue weighted by atomic mass is 15.1. The Labute approximate surface area is 121 Å². The Kier molecular flexibility index (Phi) is 5.36. The van der Waals surface area contributed by atoms with Crippen LogP contribution in [0.5, 0.6) is 0 Å². The first-order valence-electron chi connectivity index (χ1n) is 7.55. The number of nitrogens with one attached hydrogen (secondary N) is 1. The number of hydrogen-bond donors (Lipinski definition) is 1. The quantitative estimate of drug-likeness (QED) is 0.616. The zero-order chi connectivity index (χ0) is 14.4. The van der Waals surface area contributed by atoms with Gasteiger partial charge in [0.15, 0.2) is 0 Å². The Morgan fingerprint density at radius 2 is 2.05 bits per heavy atom. The molecule has 0 aliphatic heterocycles. The number of para-hydroxylation sites is 2. The molecule has 0 bridgehead atoms. The van der Waals surface area contributed by atoms with E-state index in [-0.39, 0.29) is 0 Å². The molecule has 2 aromatic rings. The zero-order valence-electron chi connectivity index (χ0n) is 12.8. The molecule has 1 aromatic heterocycles. The molecule has 0 aliphatic rings. The van der Waals surface area contributed by atoms with E-state index in [1.54, 1.807) is 0 Å². The summed E-state index contributed by atoms with van der Waals surface area (Å²) in [6, 6.07) is 8.92. The number of imidazole rings is 1. The maximum Gasteiger partial charge on any atom is 0.113 e. The van der Waals surface area contributed by atoms with Crippen LogP contribution in [-0.4, -0.2) is 22.1 Å². The topological polar surface area (TPSA) is 29.9 Å². The van der Waals surface area contributed by atoms with Crippen LogP contribution in [0.1, 0.15) is 33.0 Å². The van der Waals surface area contributed by atoms with Crippen LogP contribution in [0.15, 0.2) is 36.4 Å². The third-order valence-corrected chi connectivity index (χ3v) is 3.38. The summed E-state index contributed by atoms with van der Waals surface area (Å²) in [6.45, 7) is 8.53. The number of rotatable bonds is 7. The number of nitrogens with zero attached hydrogens (tertiary/aromatic N) is 2. The Morgan fingerprint density at radius 1 is 1.25 bits per heavy atom. The van der Waals surface area contributed by atoms with Crippen molar-refractivity contribution in [2.24, 2.45) is 0 Å². The Balaban J connectivity index is 1.97. The summed E-state index contributed by atoms with van der Waals surface area (Å²) >= 11 is 0. The van der Waals surface area contributed by atoms with Gasteiger partial charge in [-0.15, -0.1) is 0 Å². The highest BCUT2D eigenvalue weighted by Gasteiger charge is 2.06. The minimum atomic E-state index is 0.563. The van der Waals surface area contributed by atoms with Gasteiger partial charge >= 0.3 is 0 Å². The van der Waals surface area contributed by atoms with Gasteiger partial charge in [-0.1, -0.05) is 38.1 Å². The summed E-state index contributed by atoms with van der Waals surface area (Å²) in [6.07, 6.45) is 6.46. The molecule has 0 atom stereocenters. The van der Waals surface area contributed by atoms with Crippen molar-refractivity contribution in [2.75, 3.05) is 6.54 Å². The molecule has 0 radical (unpaired) electrons. The lowest BCUT2D eigenvalue weighted by Gasteiger charge is -2.05. The van der Waals surface area contributed by atoms with Crippen LogP contribution in [0.25, 0.3) is 11.0 Å². The van der Waals surface area contributed by atoms with Gasteiger partial charge in [-0.3, -0.25) is 0 Å². The molecule has 20 heavy (non-hydrogen) atoms. The van der Waals surface area contributed by atoms with Gasteiger partial charge in [-0.2, -0.15) is 0 Å². The molecule has 0 spiro atoms. The minimum Gasteiger partial charge on any atom is -0.328 e. The lowest BCUT2D eigenvalue weighted by molar-refractivity contribution is 0.594. The van der Waals surface area contributed by atoms with Crippen LogP contribution in [0.2, 0.25) is 0 Å². The molecular formula is C17H25N3. The SMILES string of the molecule is CCn1c(CC=CCCNC(C)C)nc2ccccc21. The molecule has 0 amide bonds. The lowest BCUT2D eigenvalue weighted by Crippen LogP contribution is -2.23. The van der Waals surface area contributed by atoms with Crippen LogP contribution in [0.4, 0.5) is 0 Å². The van der Waals surface area contributed by atoms with Crippen molar-refractivity contribution in [3.05, 3.63) is 42.2 Å². The number of allylic oxidation sites excluding steroid dienone is 1. The van der Waals surface area contributed by atoms with Gasteiger partial charge in [0.25, 0.3) is 0 Å². The average Bonchev–Trinajstić information content (AvgIpc) is 2.79. The van der Waals surface area contributed by atoms with Crippen molar-refractivity contribution in [2.45, 2.75) is 46.2 Å². The van der Waals surface area contributed by atoms with Gasteiger partial charge in [0.05, 0.1) is 11.0 Å². The van der Waals surface area contributed by atoms with Crippen LogP contribution >= 0.6 is 0 Å². The predicted octanol–water partition coefficient (Wildman–Crippen LogP) is 3.54. The van der Waals surface area contributed by atoms with Crippen LogP contribution in [-0.2, 0) is 13.0 Å². The predicted molar refractivity (Wildman–Crippen MR) is 86.0 cm³/mol. The van der Waals surface area contributed by atoms with Gasteiger partial charge in [0, 0.05) is 19.0 Å². The first kappa shape index (κ1) is 14.8. The molecule has 3 nitrogen and oxygen atoms in total. The van der Waals surface area contributed by atoms with E-state index in [1.807, 2.05) is 6.07 Å². The van der Waals surface area contributed by atoms with E-state index >= 15 is 0 Å². The first-order chi connectivity index (χ1) is 9.72. The van der Waals surface area contributed by atoms with Crippen LogP contribution in [0.3, 0.4) is 0 Å². The van der Waals surface area contributed by atoms with E-state index < -0.39 is 0 Å². The van der Waals surface area contributed by atoms with Crippen molar-refractivity contribution in [1.82, 2.24) is 14.9 Å². The van der Waals surface area contributed by atoms with E-state index in [4.69, 9.17) is 4.98 Å². The van der Waals surface area contributed by atoms with Crippen molar-refractivity contribution in [3.8, 4) is 0 Å². The highest BCUT2D eigenvalue weighted by molar-refractivity contribution is 5.75. The molecule has 0 saturated heterocycles. The number of hydrogen-bond acceptors (Lipinski definition) is 2. The fourth-order valence-electron chi connectivity index (χ4n) is 2.40. The normalized spacial score (nSPS) is 12.0. The van der Waals surface area contributed by atoms with E-state index in [0.717, 1.165) is 37.3 Å². The second kappa shape index (κ2) is 7.25. The number of aromatic nitrogens is 2. The molecule has 0 saturated carbocycles. The van der Waals surface area contributed by atoms with Crippen molar-refractivity contribution in [3.63, 3.8) is 0 Å². The van der Waals surface area contributed by atoms with Gasteiger partial charge in [0.2, 0.25) is 0 Å². The van der Waals surface area contributed by atoms with Gasteiger partial charge in [-0.05, 0) is 32.0 Å². The monoisotopic (exact) mass is 271 g/mol. The third-order valence-electron chi connectivity index (χ3n) is 3.38. The van der Waals surface area contributed by atoms with E-state index in [1.165, 1.54) is 5.52 Å². The molecule has 1 aromatic carbocycles. The van der Waals surface area contributed by atoms with Crippen LogP contribution in [0, 0.1) is 0 Å². The molecule has 108 valence electrons. The molecule has 2 rings (SSSR count). The van der Waals surface area contributed by atoms with Gasteiger partial charge < -0.3 is 9.88 Å². The minimum absolute atomic E-state index is 0.563. The van der Waals surface area contributed by atoms with Crippen LogP contribution < -0.4 is 5.32 Å². The smallest absolute Gasteiger partial charge is 0.113 e. The molecular weight excluding hydrogens is 246 g/mol. The summed E-state index contributed by atoms with van der Waals surface area (Å²) in [4.78, 5) is 4.73. The first-order valence-corrected chi connectivity index (χ1v) is 7.55. The number of aryl methyl sites for hydroxylation is 1. The van der Waals surface area contributed by atoms with E-state index in [2.05, 4.69) is 61.0 Å². The van der Waals surface area contributed by atoms with Crippen molar-refractivity contribution < 1.29 is 0 Å². The fourth-order valence-corrected chi connectivity index (χ4v) is 2.40. The van der Waals surface area contributed by atoms with E-state index in [9.17, 15) is 0 Å². The van der Waals surface area contributed by atoms with Gasteiger partial charge in [0.1, 0.15) is 5.82 Å². The Bertz CT molecular complexity index is 567. The standard InChI is InChI=1S/C17H25N3/c1-4-20-16-11-8-7-10-15(16)19-17(20)12-6-5-9-13-18-14(2)3/h5-8,10-11,14,18H,4,9,12-13H2,1-3H3. The highest BCUT2D eigenvalue weighted by Crippen LogP contribution is 2.16. The molecule has 0 aliphatic carbocycles. The summed E-state index contributed by atoms with van der Waals surface area (Å²) < 4.78 is 2.30. The average molecular weight is 271 g/mol. The number of benzene rings is 1. The maximum absolute atomic E-state index is 4.73. The molecule has 3 heteroatoms. The maximum atomic E-state index is 4.73. The third kappa shape index (κ3) is 3.70. The van der Waals surface area contributed by atoms with E-state index in [0.29, 0.717) is 6.04 Å². The molecule has 0 fully saturated rings. The summed E-state index contributed by atoms with van der Waals surface area (Å²) in [5.41, 5.74) is 2.33. The second-order valence-electron chi connectivity index (χ2n) is 5.33. The zero-order valence-corrected chi connectivity index (χ0v) is 12.8. The van der Waals surface area contributed by atoms with Gasteiger partial charge in [-0.25, -0.2) is 4.98 Å². The summed E-state index contributed by atoms with van der Waals surface area (Å²) in [5.74, 6) is 1.15. The van der Waals surface area contributed by atoms with Crippen molar-refractivity contribution in [1.29, 1.82) is 0 Å². The van der Waals surface area contributed by atoms with Crippen molar-refractivity contribution >= 4 is 11.0 Å². The molecule has 1 N–H and O–H groups in total. The second-order valence-corrected chi connectivity index (χ2v) is 5.33. The Morgan fingerprint density at radius 3 is 2.80 bits per heavy atom. The number of fused-ring (bicyclic) bond motifs is 1. The lowest BCUT2D eigenvalue weighted by atomic mass is 10.3.